The minimum Gasteiger partial charge on any atom is -0.342 e. The average molecular weight is 347 g/mol. The van der Waals surface area contributed by atoms with E-state index < -0.39 is 10.0 Å². The Hall–Kier alpha value is -2.28. The van der Waals surface area contributed by atoms with Gasteiger partial charge in [0.05, 0.1) is 0 Å². The van der Waals surface area contributed by atoms with Crippen molar-refractivity contribution in [3.8, 4) is 0 Å². The van der Waals surface area contributed by atoms with Crippen LogP contribution >= 0.6 is 0 Å². The third-order valence-corrected chi connectivity index (χ3v) is 5.55. The molecule has 24 heavy (non-hydrogen) atoms. The smallest absolute Gasteiger partial charge is 0.270 e. The van der Waals surface area contributed by atoms with E-state index in [1.54, 1.807) is 27.8 Å². The van der Waals surface area contributed by atoms with E-state index in [0.717, 1.165) is 12.0 Å². The second-order valence-electron chi connectivity index (χ2n) is 5.96. The van der Waals surface area contributed by atoms with Crippen LogP contribution in [-0.2, 0) is 16.6 Å². The predicted molar refractivity (Wildman–Crippen MR) is 92.6 cm³/mol. The molecular weight excluding hydrogens is 326 g/mol. The number of amides is 1. The first kappa shape index (κ1) is 16.6. The summed E-state index contributed by atoms with van der Waals surface area (Å²) in [5.74, 6) is -0.119. The van der Waals surface area contributed by atoms with Gasteiger partial charge in [-0.15, -0.1) is 0 Å². The zero-order valence-electron chi connectivity index (χ0n) is 13.8. The molecule has 0 fully saturated rings. The highest BCUT2D eigenvalue weighted by Crippen LogP contribution is 2.22. The van der Waals surface area contributed by atoms with Crippen molar-refractivity contribution in [1.29, 1.82) is 0 Å². The zero-order valence-corrected chi connectivity index (χ0v) is 14.6. The van der Waals surface area contributed by atoms with Crippen LogP contribution in [0.5, 0.6) is 0 Å². The molecule has 6 nitrogen and oxygen atoms in total. The molecule has 7 heteroatoms. The molecule has 0 saturated carbocycles. The van der Waals surface area contributed by atoms with Gasteiger partial charge in [-0.1, -0.05) is 17.7 Å². The van der Waals surface area contributed by atoms with Crippen LogP contribution in [0.15, 0.2) is 41.4 Å². The van der Waals surface area contributed by atoms with Crippen LogP contribution in [0.4, 0.5) is 5.69 Å². The summed E-state index contributed by atoms with van der Waals surface area (Å²) in [7, 11) is -3.72. The molecule has 0 saturated heterocycles. The summed E-state index contributed by atoms with van der Waals surface area (Å²) in [6.45, 7) is 5.81. The van der Waals surface area contributed by atoms with Gasteiger partial charge in [-0.3, -0.25) is 9.52 Å². The molecule has 0 unspecified atom stereocenters. The molecule has 0 spiro atoms. The van der Waals surface area contributed by atoms with Gasteiger partial charge in [0, 0.05) is 31.5 Å². The molecule has 0 radical (unpaired) electrons. The van der Waals surface area contributed by atoms with Crippen molar-refractivity contribution in [3.05, 3.63) is 47.8 Å². The Morgan fingerprint density at radius 2 is 1.88 bits per heavy atom. The van der Waals surface area contributed by atoms with E-state index in [9.17, 15) is 13.2 Å². The number of fused-ring (bicyclic) bond motifs is 1. The Bertz CT molecular complexity index is 854. The summed E-state index contributed by atoms with van der Waals surface area (Å²) in [5, 5.41) is 0. The summed E-state index contributed by atoms with van der Waals surface area (Å²) in [6, 6.07) is 8.59. The maximum Gasteiger partial charge on any atom is 0.270 e. The van der Waals surface area contributed by atoms with Crippen molar-refractivity contribution in [2.75, 3.05) is 17.8 Å². The summed E-state index contributed by atoms with van der Waals surface area (Å²) in [5.41, 5.74) is 1.99. The fourth-order valence-electron chi connectivity index (χ4n) is 2.83. The number of carbonyl (C=O) groups excluding carboxylic acids is 1. The summed E-state index contributed by atoms with van der Waals surface area (Å²) in [4.78, 5) is 14.3. The minimum atomic E-state index is -3.72. The fraction of sp³-hybridized carbons (Fsp3) is 0.353. The van der Waals surface area contributed by atoms with Crippen LogP contribution in [0.25, 0.3) is 0 Å². The highest BCUT2D eigenvalue weighted by atomic mass is 32.2. The van der Waals surface area contributed by atoms with Crippen molar-refractivity contribution in [2.24, 2.45) is 0 Å². The zero-order chi connectivity index (χ0) is 17.3. The normalized spacial score (nSPS) is 15.1. The maximum atomic E-state index is 12.6. The van der Waals surface area contributed by atoms with Crippen LogP contribution in [0.1, 0.15) is 29.4 Å². The first-order valence-electron chi connectivity index (χ1n) is 7.99. The van der Waals surface area contributed by atoms with Gasteiger partial charge in [0.1, 0.15) is 10.6 Å². The Kier molecular flexibility index (Phi) is 4.36. The van der Waals surface area contributed by atoms with Crippen molar-refractivity contribution in [2.45, 2.75) is 31.7 Å². The second kappa shape index (κ2) is 6.32. The third kappa shape index (κ3) is 3.17. The van der Waals surface area contributed by atoms with Gasteiger partial charge in [-0.2, -0.15) is 0 Å². The highest BCUT2D eigenvalue weighted by Gasteiger charge is 2.26. The van der Waals surface area contributed by atoms with Gasteiger partial charge in [0.25, 0.3) is 15.9 Å². The lowest BCUT2D eigenvalue weighted by Crippen LogP contribution is -2.30. The number of sulfonamides is 1. The number of carbonyl (C=O) groups is 1. The Balaban J connectivity index is 1.91. The molecule has 2 aromatic rings. The van der Waals surface area contributed by atoms with Crippen molar-refractivity contribution >= 4 is 21.6 Å². The van der Waals surface area contributed by atoms with Crippen molar-refractivity contribution < 1.29 is 13.2 Å². The SMILES string of the molecule is CCN1CCCn2cc(S(=O)(=O)Nc3ccc(C)cc3)cc2C1=O. The molecule has 128 valence electrons. The number of nitrogens with zero attached hydrogens (tertiary/aromatic N) is 2. The number of aryl methyl sites for hydroxylation is 2. The number of rotatable bonds is 4. The van der Waals surface area contributed by atoms with Gasteiger partial charge in [-0.05, 0) is 38.5 Å². The number of hydrogen-bond acceptors (Lipinski definition) is 3. The van der Waals surface area contributed by atoms with Crippen LogP contribution in [0.2, 0.25) is 0 Å². The van der Waals surface area contributed by atoms with Crippen LogP contribution in [0.3, 0.4) is 0 Å². The third-order valence-electron chi connectivity index (χ3n) is 4.20. The van der Waals surface area contributed by atoms with Crippen LogP contribution < -0.4 is 4.72 Å². The van der Waals surface area contributed by atoms with E-state index >= 15 is 0 Å². The number of nitrogens with one attached hydrogen (secondary N) is 1. The fourth-order valence-corrected chi connectivity index (χ4v) is 3.92. The van der Waals surface area contributed by atoms with Gasteiger partial charge in [0.2, 0.25) is 0 Å². The highest BCUT2D eigenvalue weighted by molar-refractivity contribution is 7.92. The van der Waals surface area contributed by atoms with E-state index in [4.69, 9.17) is 0 Å². The Labute approximate surface area is 142 Å². The number of benzene rings is 1. The quantitative estimate of drug-likeness (QED) is 0.923. The van der Waals surface area contributed by atoms with E-state index in [2.05, 4.69) is 4.72 Å². The summed E-state index contributed by atoms with van der Waals surface area (Å²) >= 11 is 0. The average Bonchev–Trinajstić information content (AvgIpc) is 2.92. The van der Waals surface area contributed by atoms with Crippen molar-refractivity contribution in [1.82, 2.24) is 9.47 Å². The topological polar surface area (TPSA) is 71.4 Å². The summed E-state index contributed by atoms with van der Waals surface area (Å²) < 4.78 is 29.5. The largest absolute Gasteiger partial charge is 0.342 e. The van der Waals surface area contributed by atoms with Gasteiger partial charge >= 0.3 is 0 Å². The molecule has 3 rings (SSSR count). The van der Waals surface area contributed by atoms with E-state index in [0.29, 0.717) is 31.0 Å². The predicted octanol–water partition coefficient (Wildman–Crippen LogP) is 2.46. The van der Waals surface area contributed by atoms with Gasteiger partial charge in [0.15, 0.2) is 0 Å². The molecule has 1 amide bonds. The minimum absolute atomic E-state index is 0.115. The maximum absolute atomic E-state index is 12.6. The molecule has 0 atom stereocenters. The lowest BCUT2D eigenvalue weighted by atomic mass is 10.2. The molecule has 1 aliphatic rings. The Morgan fingerprint density at radius 3 is 2.54 bits per heavy atom. The van der Waals surface area contributed by atoms with Crippen LogP contribution in [-0.4, -0.2) is 36.9 Å². The van der Waals surface area contributed by atoms with E-state index in [-0.39, 0.29) is 10.8 Å². The monoisotopic (exact) mass is 347 g/mol. The molecular formula is C17H21N3O3S. The molecule has 0 bridgehead atoms. The first-order valence-corrected chi connectivity index (χ1v) is 9.48. The van der Waals surface area contributed by atoms with Gasteiger partial charge in [-0.25, -0.2) is 8.42 Å². The lowest BCUT2D eigenvalue weighted by molar-refractivity contribution is 0.0766. The van der Waals surface area contributed by atoms with E-state index in [1.807, 2.05) is 26.0 Å². The number of aromatic nitrogens is 1. The van der Waals surface area contributed by atoms with Crippen molar-refractivity contribution in [3.63, 3.8) is 0 Å². The van der Waals surface area contributed by atoms with Crippen LogP contribution in [0, 0.1) is 6.92 Å². The molecule has 1 N–H and O–H groups in total. The molecule has 1 aliphatic heterocycles. The molecule has 2 heterocycles. The molecule has 1 aromatic heterocycles. The second-order valence-corrected chi connectivity index (χ2v) is 7.65. The number of anilines is 1. The van der Waals surface area contributed by atoms with Gasteiger partial charge < -0.3 is 9.47 Å². The lowest BCUT2D eigenvalue weighted by Gasteiger charge is -2.17. The number of hydrogen-bond donors (Lipinski definition) is 1. The first-order chi connectivity index (χ1) is 11.4. The summed E-state index contributed by atoms with van der Waals surface area (Å²) in [6.07, 6.45) is 2.36. The van der Waals surface area contributed by atoms with E-state index in [1.165, 1.54) is 6.07 Å². The molecule has 0 aliphatic carbocycles. The molecule has 1 aromatic carbocycles. The Morgan fingerprint density at radius 1 is 1.17 bits per heavy atom. The standard InChI is InChI=1S/C17H21N3O3S/c1-3-19-9-4-10-20-12-15(11-16(20)17(19)21)24(22,23)18-14-7-5-13(2)6-8-14/h5-8,11-12,18H,3-4,9-10H2,1-2H3.